The summed E-state index contributed by atoms with van der Waals surface area (Å²) in [6.45, 7) is 1.08. The molecule has 6 heteroatoms. The van der Waals surface area contributed by atoms with Gasteiger partial charge in [-0.05, 0) is 12.1 Å². The van der Waals surface area contributed by atoms with E-state index >= 15 is 0 Å². The van der Waals surface area contributed by atoms with Gasteiger partial charge in [-0.15, -0.1) is 0 Å². The van der Waals surface area contributed by atoms with Crippen molar-refractivity contribution >= 4 is 11.9 Å². The van der Waals surface area contributed by atoms with Crippen molar-refractivity contribution in [3.8, 4) is 5.75 Å². The van der Waals surface area contributed by atoms with Crippen molar-refractivity contribution in [3.63, 3.8) is 0 Å². The number of phenols is 1. The molecule has 0 bridgehead atoms. The molecular weight excluding hydrogens is 198 g/mol. The highest BCUT2D eigenvalue weighted by molar-refractivity contribution is 5.71. The van der Waals surface area contributed by atoms with Gasteiger partial charge in [0, 0.05) is 6.92 Å². The molecule has 0 aliphatic carbocycles. The number of aromatic hydroxyl groups is 1. The molecule has 0 atom stereocenters. The van der Waals surface area contributed by atoms with Crippen LogP contribution in [0.3, 0.4) is 0 Å². The van der Waals surface area contributed by atoms with Crippen molar-refractivity contribution in [3.05, 3.63) is 30.3 Å². The smallest absolute Gasteiger partial charge is 0.300 e. The van der Waals surface area contributed by atoms with Crippen molar-refractivity contribution in [1.82, 2.24) is 0 Å². The minimum absolute atomic E-state index is 0.322. The van der Waals surface area contributed by atoms with Crippen LogP contribution >= 0.6 is 0 Å². The summed E-state index contributed by atoms with van der Waals surface area (Å²) in [5.74, 6) is -0.845. The quantitative estimate of drug-likeness (QED) is 0.312. The number of hydrogen-bond acceptors (Lipinski definition) is 3. The predicted octanol–water partition coefficient (Wildman–Crippen LogP) is 0.322. The maximum absolute atomic E-state index is 9.00. The van der Waals surface area contributed by atoms with Crippen LogP contribution in [0, 0.1) is 5.41 Å². The number of hydrogen-bond donors (Lipinski definition) is 5. The number of guanidine groups is 1. The van der Waals surface area contributed by atoms with Crippen molar-refractivity contribution in [2.45, 2.75) is 6.92 Å². The first-order valence-electron chi connectivity index (χ1n) is 3.89. The van der Waals surface area contributed by atoms with Gasteiger partial charge < -0.3 is 21.7 Å². The zero-order chi connectivity index (χ0) is 12.3. The number of aliphatic carboxylic acids is 1. The SMILES string of the molecule is CC(=O)O.N=C(N)N.Oc1ccccc1. The van der Waals surface area contributed by atoms with E-state index in [4.69, 9.17) is 20.4 Å². The van der Waals surface area contributed by atoms with Gasteiger partial charge in [0.2, 0.25) is 0 Å². The monoisotopic (exact) mass is 213 g/mol. The van der Waals surface area contributed by atoms with E-state index in [-0.39, 0.29) is 5.96 Å². The lowest BCUT2D eigenvalue weighted by Crippen LogP contribution is -2.20. The molecule has 0 saturated carbocycles. The van der Waals surface area contributed by atoms with Crippen LogP contribution in [-0.4, -0.2) is 22.1 Å². The number of nitrogens with one attached hydrogen (secondary N) is 1. The van der Waals surface area contributed by atoms with Gasteiger partial charge in [0.15, 0.2) is 5.96 Å². The fourth-order valence-corrected chi connectivity index (χ4v) is 0.428. The van der Waals surface area contributed by atoms with Crippen LogP contribution < -0.4 is 11.5 Å². The van der Waals surface area contributed by atoms with E-state index in [1.54, 1.807) is 24.3 Å². The third kappa shape index (κ3) is 33.8. The standard InChI is InChI=1S/C6H6O.C2H4O2.CH5N3/c7-6-4-2-1-3-5-6;1-2(3)4;2-1(3)4/h1-5,7H;1H3,(H,3,4);(H5,2,3,4). The highest BCUT2D eigenvalue weighted by Crippen LogP contribution is 2.02. The first kappa shape index (κ1) is 15.2. The lowest BCUT2D eigenvalue weighted by molar-refractivity contribution is -0.134. The van der Waals surface area contributed by atoms with Crippen LogP contribution in [0.5, 0.6) is 5.75 Å². The average Bonchev–Trinajstić information content (AvgIpc) is 2.03. The second-order valence-electron chi connectivity index (χ2n) is 2.31. The van der Waals surface area contributed by atoms with Gasteiger partial charge in [-0.25, -0.2) is 0 Å². The van der Waals surface area contributed by atoms with Gasteiger partial charge in [-0.2, -0.15) is 0 Å². The first-order chi connectivity index (χ1) is 6.86. The molecule has 1 rings (SSSR count). The number of phenolic OH excluding ortho intramolecular Hbond substituents is 1. The summed E-state index contributed by atoms with van der Waals surface area (Å²) in [6.07, 6.45) is 0. The number of carbonyl (C=O) groups is 1. The van der Waals surface area contributed by atoms with E-state index in [2.05, 4.69) is 11.5 Å². The molecule has 0 aliphatic heterocycles. The Labute approximate surface area is 87.7 Å². The molecule has 1 aromatic rings. The Hall–Kier alpha value is -2.24. The Kier molecular flexibility index (Phi) is 10.0. The van der Waals surface area contributed by atoms with Gasteiger partial charge in [0.25, 0.3) is 5.97 Å². The zero-order valence-corrected chi connectivity index (χ0v) is 8.34. The van der Waals surface area contributed by atoms with Crippen molar-refractivity contribution in [2.75, 3.05) is 0 Å². The summed E-state index contributed by atoms with van der Waals surface area (Å²) >= 11 is 0. The van der Waals surface area contributed by atoms with Crippen LogP contribution in [-0.2, 0) is 4.79 Å². The molecule has 0 amide bonds. The number of carboxylic acids is 1. The summed E-state index contributed by atoms with van der Waals surface area (Å²) in [5, 5.41) is 22.1. The van der Waals surface area contributed by atoms with E-state index in [1.807, 2.05) is 6.07 Å². The number of carboxylic acid groups (broad SMARTS) is 1. The van der Waals surface area contributed by atoms with Gasteiger partial charge in [0.05, 0.1) is 0 Å². The Morgan fingerprint density at radius 2 is 1.53 bits per heavy atom. The lowest BCUT2D eigenvalue weighted by atomic mass is 10.3. The maximum atomic E-state index is 9.00. The molecule has 6 nitrogen and oxygen atoms in total. The lowest BCUT2D eigenvalue weighted by Gasteiger charge is -1.82. The summed E-state index contributed by atoms with van der Waals surface area (Å²) in [7, 11) is 0. The molecule has 0 fully saturated rings. The molecule has 0 aromatic heterocycles. The Morgan fingerprint density at radius 1 is 1.27 bits per heavy atom. The highest BCUT2D eigenvalue weighted by atomic mass is 16.4. The van der Waals surface area contributed by atoms with Crippen LogP contribution in [0.2, 0.25) is 0 Å². The van der Waals surface area contributed by atoms with Gasteiger partial charge in [-0.3, -0.25) is 10.2 Å². The third-order valence-corrected chi connectivity index (χ3v) is 0.756. The van der Waals surface area contributed by atoms with E-state index in [0.717, 1.165) is 6.92 Å². The topological polar surface area (TPSA) is 133 Å². The van der Waals surface area contributed by atoms with Gasteiger partial charge in [-0.1, -0.05) is 18.2 Å². The molecule has 84 valence electrons. The van der Waals surface area contributed by atoms with E-state index in [0.29, 0.717) is 5.75 Å². The molecule has 1 aromatic carbocycles. The molecule has 0 unspecified atom stereocenters. The summed E-state index contributed by atoms with van der Waals surface area (Å²) < 4.78 is 0. The molecular formula is C9H15N3O3. The minimum Gasteiger partial charge on any atom is -0.508 e. The summed E-state index contributed by atoms with van der Waals surface area (Å²) in [5.41, 5.74) is 8.94. The fraction of sp³-hybridized carbons (Fsp3) is 0.111. The fourth-order valence-electron chi connectivity index (χ4n) is 0.428. The van der Waals surface area contributed by atoms with Crippen LogP contribution in [0.25, 0.3) is 0 Å². The highest BCUT2D eigenvalue weighted by Gasteiger charge is 1.74. The number of nitrogens with two attached hydrogens (primary N) is 2. The second-order valence-corrected chi connectivity index (χ2v) is 2.31. The zero-order valence-electron chi connectivity index (χ0n) is 8.34. The predicted molar refractivity (Wildman–Crippen MR) is 57.5 cm³/mol. The Bertz CT molecular complexity index is 268. The summed E-state index contributed by atoms with van der Waals surface area (Å²) in [6, 6.07) is 8.71. The van der Waals surface area contributed by atoms with Crippen molar-refractivity contribution in [1.29, 1.82) is 5.41 Å². The van der Waals surface area contributed by atoms with Crippen molar-refractivity contribution < 1.29 is 15.0 Å². The van der Waals surface area contributed by atoms with Crippen LogP contribution in [0.4, 0.5) is 0 Å². The molecule has 0 spiro atoms. The molecule has 15 heavy (non-hydrogen) atoms. The van der Waals surface area contributed by atoms with Crippen molar-refractivity contribution in [2.24, 2.45) is 11.5 Å². The molecule has 0 radical (unpaired) electrons. The molecule has 0 heterocycles. The largest absolute Gasteiger partial charge is 0.508 e. The number of rotatable bonds is 0. The van der Waals surface area contributed by atoms with Gasteiger partial charge in [0.1, 0.15) is 5.75 Å². The second kappa shape index (κ2) is 9.85. The minimum atomic E-state index is -0.833. The van der Waals surface area contributed by atoms with E-state index in [1.165, 1.54) is 0 Å². The van der Waals surface area contributed by atoms with E-state index < -0.39 is 5.97 Å². The number of benzene rings is 1. The van der Waals surface area contributed by atoms with E-state index in [9.17, 15) is 0 Å². The Morgan fingerprint density at radius 3 is 1.67 bits per heavy atom. The number of para-hydroxylation sites is 1. The third-order valence-electron chi connectivity index (χ3n) is 0.756. The molecule has 7 N–H and O–H groups in total. The Balaban J connectivity index is 0. The first-order valence-corrected chi connectivity index (χ1v) is 3.89. The van der Waals surface area contributed by atoms with Crippen LogP contribution in [0.1, 0.15) is 6.92 Å². The molecule has 0 saturated heterocycles. The average molecular weight is 213 g/mol. The normalized spacial score (nSPS) is 7.27. The van der Waals surface area contributed by atoms with Crippen LogP contribution in [0.15, 0.2) is 30.3 Å². The van der Waals surface area contributed by atoms with Gasteiger partial charge >= 0.3 is 0 Å². The maximum Gasteiger partial charge on any atom is 0.300 e. The molecule has 0 aliphatic rings. The summed E-state index contributed by atoms with van der Waals surface area (Å²) in [4.78, 5) is 9.00.